The van der Waals surface area contributed by atoms with Crippen molar-refractivity contribution in [3.63, 3.8) is 0 Å². The van der Waals surface area contributed by atoms with E-state index in [1.54, 1.807) is 4.90 Å². The average Bonchev–Trinajstić information content (AvgIpc) is 3.20. The topological polar surface area (TPSA) is 86.9 Å². The molecule has 0 atom stereocenters. The number of oxazole rings is 1. The zero-order chi connectivity index (χ0) is 16.7. The van der Waals surface area contributed by atoms with Gasteiger partial charge in [-0.3, -0.25) is 4.79 Å². The van der Waals surface area contributed by atoms with Crippen molar-refractivity contribution in [3.05, 3.63) is 24.1 Å². The van der Waals surface area contributed by atoms with Gasteiger partial charge in [-0.2, -0.15) is 0 Å². The number of anilines is 1. The van der Waals surface area contributed by atoms with E-state index < -0.39 is 6.09 Å². The highest BCUT2D eigenvalue weighted by molar-refractivity contribution is 5.96. The summed E-state index contributed by atoms with van der Waals surface area (Å²) in [4.78, 5) is 30.7. The first kappa shape index (κ1) is 15.0. The fraction of sp³-hybridized carbons (Fsp3) is 0.471. The molecule has 0 bridgehead atoms. The lowest BCUT2D eigenvalue weighted by molar-refractivity contribution is -0.117. The molecular weight excluding hydrogens is 310 g/mol. The SMILES string of the molecule is O=C(O)N1CCC(c2nc3cc(N4CCCC4=O)ccc3o2)CC1. The maximum Gasteiger partial charge on any atom is 0.407 e. The number of amides is 2. The van der Waals surface area contributed by atoms with Crippen LogP contribution in [0.15, 0.2) is 22.6 Å². The van der Waals surface area contributed by atoms with Gasteiger partial charge in [0.1, 0.15) is 5.52 Å². The van der Waals surface area contributed by atoms with Gasteiger partial charge in [-0.25, -0.2) is 9.78 Å². The minimum absolute atomic E-state index is 0.143. The highest BCUT2D eigenvalue weighted by atomic mass is 16.4. The first-order valence-electron chi connectivity index (χ1n) is 8.30. The van der Waals surface area contributed by atoms with E-state index in [0.717, 1.165) is 37.0 Å². The second-order valence-corrected chi connectivity index (χ2v) is 6.40. The summed E-state index contributed by atoms with van der Waals surface area (Å²) in [5.74, 6) is 0.962. The molecular formula is C17H19N3O4. The van der Waals surface area contributed by atoms with E-state index in [9.17, 15) is 9.59 Å². The van der Waals surface area contributed by atoms with E-state index in [1.165, 1.54) is 4.90 Å². The summed E-state index contributed by atoms with van der Waals surface area (Å²) in [7, 11) is 0. The van der Waals surface area contributed by atoms with Crippen LogP contribution < -0.4 is 4.90 Å². The van der Waals surface area contributed by atoms with Gasteiger partial charge in [-0.05, 0) is 37.5 Å². The molecule has 1 aromatic heterocycles. The van der Waals surface area contributed by atoms with Gasteiger partial charge < -0.3 is 19.3 Å². The molecule has 2 aliphatic rings. The second kappa shape index (κ2) is 5.81. The zero-order valence-electron chi connectivity index (χ0n) is 13.3. The number of benzene rings is 1. The van der Waals surface area contributed by atoms with Gasteiger partial charge in [0, 0.05) is 37.7 Å². The lowest BCUT2D eigenvalue weighted by Crippen LogP contribution is -2.36. The molecule has 0 spiro atoms. The Kier molecular flexibility index (Phi) is 3.63. The Balaban J connectivity index is 1.55. The minimum Gasteiger partial charge on any atom is -0.465 e. The zero-order valence-corrected chi connectivity index (χ0v) is 13.3. The van der Waals surface area contributed by atoms with Crippen molar-refractivity contribution in [3.8, 4) is 0 Å². The van der Waals surface area contributed by atoms with Gasteiger partial charge in [0.2, 0.25) is 5.91 Å². The predicted octanol–water partition coefficient (Wildman–Crippen LogP) is 2.81. The lowest BCUT2D eigenvalue weighted by atomic mass is 9.97. The van der Waals surface area contributed by atoms with Crippen molar-refractivity contribution in [1.29, 1.82) is 0 Å². The molecule has 2 amide bonds. The Morgan fingerprint density at radius 3 is 2.71 bits per heavy atom. The summed E-state index contributed by atoms with van der Waals surface area (Å²) in [5.41, 5.74) is 2.33. The van der Waals surface area contributed by atoms with E-state index in [-0.39, 0.29) is 11.8 Å². The van der Waals surface area contributed by atoms with Gasteiger partial charge in [-0.1, -0.05) is 0 Å². The number of carbonyl (C=O) groups excluding carboxylic acids is 1. The quantitative estimate of drug-likeness (QED) is 0.915. The van der Waals surface area contributed by atoms with Crippen LogP contribution in [-0.2, 0) is 4.79 Å². The molecule has 126 valence electrons. The van der Waals surface area contributed by atoms with Crippen LogP contribution in [0.2, 0.25) is 0 Å². The molecule has 3 heterocycles. The second-order valence-electron chi connectivity index (χ2n) is 6.40. The minimum atomic E-state index is -0.870. The first-order chi connectivity index (χ1) is 11.6. The third-order valence-electron chi connectivity index (χ3n) is 4.89. The Morgan fingerprint density at radius 2 is 2.04 bits per heavy atom. The molecule has 4 rings (SSSR count). The Bertz CT molecular complexity index is 792. The highest BCUT2D eigenvalue weighted by Crippen LogP contribution is 2.32. The van der Waals surface area contributed by atoms with Crippen LogP contribution >= 0.6 is 0 Å². The van der Waals surface area contributed by atoms with Crippen molar-refractivity contribution < 1.29 is 19.1 Å². The van der Waals surface area contributed by atoms with Gasteiger partial charge in [0.05, 0.1) is 0 Å². The normalized spacial score (nSPS) is 19.4. The number of aromatic nitrogens is 1. The first-order valence-corrected chi connectivity index (χ1v) is 8.30. The molecule has 0 aliphatic carbocycles. The molecule has 1 aromatic carbocycles. The third kappa shape index (κ3) is 2.60. The molecule has 1 N–H and O–H groups in total. The molecule has 7 nitrogen and oxygen atoms in total. The van der Waals surface area contributed by atoms with Crippen LogP contribution in [-0.4, -0.2) is 46.6 Å². The highest BCUT2D eigenvalue weighted by Gasteiger charge is 2.27. The molecule has 2 aliphatic heterocycles. The molecule has 2 saturated heterocycles. The van der Waals surface area contributed by atoms with Gasteiger partial charge in [0.15, 0.2) is 11.5 Å². The summed E-state index contributed by atoms with van der Waals surface area (Å²) >= 11 is 0. The van der Waals surface area contributed by atoms with Crippen molar-refractivity contribution in [2.75, 3.05) is 24.5 Å². The number of nitrogens with zero attached hydrogens (tertiary/aromatic N) is 3. The van der Waals surface area contributed by atoms with Crippen molar-refractivity contribution in [2.45, 2.75) is 31.6 Å². The van der Waals surface area contributed by atoms with E-state index in [2.05, 4.69) is 4.98 Å². The molecule has 7 heteroatoms. The Hall–Kier alpha value is -2.57. The third-order valence-corrected chi connectivity index (χ3v) is 4.89. The molecule has 2 aromatic rings. The molecule has 24 heavy (non-hydrogen) atoms. The summed E-state index contributed by atoms with van der Waals surface area (Å²) in [6, 6.07) is 5.66. The van der Waals surface area contributed by atoms with E-state index >= 15 is 0 Å². The number of piperidine rings is 1. The lowest BCUT2D eigenvalue weighted by Gasteiger charge is -2.28. The predicted molar refractivity (Wildman–Crippen MR) is 87.2 cm³/mol. The maximum atomic E-state index is 11.9. The summed E-state index contributed by atoms with van der Waals surface area (Å²) in [5, 5.41) is 9.02. The summed E-state index contributed by atoms with van der Waals surface area (Å²) < 4.78 is 5.87. The molecule has 0 saturated carbocycles. The standard InChI is InChI=1S/C17H19N3O4/c21-15-2-1-7-20(15)12-3-4-14-13(10-12)18-16(24-14)11-5-8-19(9-6-11)17(22)23/h3-4,10-11H,1-2,5-9H2,(H,22,23). The fourth-order valence-electron chi connectivity index (χ4n) is 3.52. The van der Waals surface area contributed by atoms with Crippen molar-refractivity contribution >= 4 is 28.8 Å². The van der Waals surface area contributed by atoms with Gasteiger partial charge in [-0.15, -0.1) is 0 Å². The van der Waals surface area contributed by atoms with Crippen LogP contribution in [0.25, 0.3) is 11.1 Å². The van der Waals surface area contributed by atoms with E-state index in [0.29, 0.717) is 31.0 Å². The number of hydrogen-bond donors (Lipinski definition) is 1. The maximum absolute atomic E-state index is 11.9. The Morgan fingerprint density at radius 1 is 1.25 bits per heavy atom. The van der Waals surface area contributed by atoms with Crippen LogP contribution in [0.1, 0.15) is 37.5 Å². The van der Waals surface area contributed by atoms with Crippen LogP contribution in [0.4, 0.5) is 10.5 Å². The number of fused-ring (bicyclic) bond motifs is 1. The summed E-state index contributed by atoms with van der Waals surface area (Å²) in [6.07, 6.45) is 2.06. The van der Waals surface area contributed by atoms with Crippen LogP contribution in [0.5, 0.6) is 0 Å². The largest absolute Gasteiger partial charge is 0.465 e. The number of rotatable bonds is 2. The molecule has 2 fully saturated rings. The number of likely N-dealkylation sites (tertiary alicyclic amines) is 1. The Labute approximate surface area is 138 Å². The number of carboxylic acid groups (broad SMARTS) is 1. The molecule has 0 unspecified atom stereocenters. The average molecular weight is 329 g/mol. The smallest absolute Gasteiger partial charge is 0.407 e. The van der Waals surface area contributed by atoms with Gasteiger partial charge in [0.25, 0.3) is 0 Å². The number of hydrogen-bond acceptors (Lipinski definition) is 4. The van der Waals surface area contributed by atoms with Crippen molar-refractivity contribution in [2.24, 2.45) is 0 Å². The van der Waals surface area contributed by atoms with Crippen molar-refractivity contribution in [1.82, 2.24) is 9.88 Å². The van der Waals surface area contributed by atoms with E-state index in [1.807, 2.05) is 18.2 Å². The number of carbonyl (C=O) groups is 2. The fourth-order valence-corrected chi connectivity index (χ4v) is 3.52. The van der Waals surface area contributed by atoms with Crippen LogP contribution in [0.3, 0.4) is 0 Å². The van der Waals surface area contributed by atoms with Crippen LogP contribution in [0, 0.1) is 0 Å². The molecule has 0 radical (unpaired) electrons. The van der Waals surface area contributed by atoms with E-state index in [4.69, 9.17) is 9.52 Å². The monoisotopic (exact) mass is 329 g/mol. The summed E-state index contributed by atoms with van der Waals surface area (Å²) in [6.45, 7) is 1.77. The van der Waals surface area contributed by atoms with Gasteiger partial charge >= 0.3 is 6.09 Å².